The Morgan fingerprint density at radius 1 is 1.42 bits per heavy atom. The first kappa shape index (κ1) is 11.5. The van der Waals surface area contributed by atoms with Crippen LogP contribution < -0.4 is 0 Å². The highest BCUT2D eigenvalue weighted by Crippen LogP contribution is 2.10. The maximum atomic E-state index is 10.8. The molecule has 0 aromatic carbocycles. The molecule has 4 heteroatoms. The number of unbranched alkanes of at least 4 members (excludes halogenated alkanes) is 1. The standard InChI is InChI=1S/C8H14O3S/c1-6(9)7(8(10)11)4-2-3-5-12/h7,12H,2-5H2,1H3,(H,10,11). The quantitative estimate of drug-likeness (QED) is 0.378. The fourth-order valence-corrected chi connectivity index (χ4v) is 1.18. The smallest absolute Gasteiger partial charge is 0.314 e. The second-order valence-electron chi connectivity index (χ2n) is 2.72. The van der Waals surface area contributed by atoms with Crippen LogP contribution in [0.25, 0.3) is 0 Å². The molecule has 0 aromatic heterocycles. The van der Waals surface area contributed by atoms with E-state index < -0.39 is 11.9 Å². The lowest BCUT2D eigenvalue weighted by Gasteiger charge is -2.06. The number of thiol groups is 1. The van der Waals surface area contributed by atoms with Gasteiger partial charge in [-0.3, -0.25) is 9.59 Å². The molecule has 0 aliphatic rings. The van der Waals surface area contributed by atoms with Gasteiger partial charge in [0.1, 0.15) is 11.7 Å². The topological polar surface area (TPSA) is 54.4 Å². The van der Waals surface area contributed by atoms with Gasteiger partial charge < -0.3 is 5.11 Å². The number of carboxylic acid groups (broad SMARTS) is 1. The summed E-state index contributed by atoms with van der Waals surface area (Å²) in [5, 5.41) is 8.60. The highest BCUT2D eigenvalue weighted by molar-refractivity contribution is 7.80. The van der Waals surface area contributed by atoms with Gasteiger partial charge in [-0.15, -0.1) is 0 Å². The molecular weight excluding hydrogens is 176 g/mol. The van der Waals surface area contributed by atoms with Gasteiger partial charge in [0.2, 0.25) is 0 Å². The second-order valence-corrected chi connectivity index (χ2v) is 3.17. The van der Waals surface area contributed by atoms with E-state index in [2.05, 4.69) is 12.6 Å². The van der Waals surface area contributed by atoms with Crippen LogP contribution in [0.2, 0.25) is 0 Å². The number of carbonyl (C=O) groups is 2. The molecule has 12 heavy (non-hydrogen) atoms. The van der Waals surface area contributed by atoms with E-state index in [9.17, 15) is 9.59 Å². The van der Waals surface area contributed by atoms with Gasteiger partial charge in [-0.25, -0.2) is 0 Å². The molecule has 0 radical (unpaired) electrons. The number of carbonyl (C=O) groups excluding carboxylic acids is 1. The van der Waals surface area contributed by atoms with Gasteiger partial charge in [0.15, 0.2) is 0 Å². The van der Waals surface area contributed by atoms with E-state index in [1.165, 1.54) is 6.92 Å². The molecule has 1 atom stereocenters. The van der Waals surface area contributed by atoms with Crippen molar-refractivity contribution < 1.29 is 14.7 Å². The molecule has 1 unspecified atom stereocenters. The van der Waals surface area contributed by atoms with Crippen LogP contribution in [0.15, 0.2) is 0 Å². The maximum Gasteiger partial charge on any atom is 0.314 e. The lowest BCUT2D eigenvalue weighted by Crippen LogP contribution is -2.21. The first-order chi connectivity index (χ1) is 5.59. The van der Waals surface area contributed by atoms with E-state index in [0.717, 1.165) is 18.6 Å². The Hall–Kier alpha value is -0.510. The van der Waals surface area contributed by atoms with Crippen molar-refractivity contribution in [2.24, 2.45) is 5.92 Å². The monoisotopic (exact) mass is 190 g/mol. The molecule has 0 heterocycles. The number of Topliss-reactive ketones (excluding diaryl/α,β-unsaturated/α-hetero) is 1. The zero-order chi connectivity index (χ0) is 9.56. The van der Waals surface area contributed by atoms with Gasteiger partial charge in [-0.1, -0.05) is 6.42 Å². The lowest BCUT2D eigenvalue weighted by atomic mass is 9.99. The SMILES string of the molecule is CC(=O)C(CCCCS)C(=O)O. The molecule has 0 spiro atoms. The minimum absolute atomic E-state index is 0.262. The predicted molar refractivity (Wildman–Crippen MR) is 49.5 cm³/mol. The van der Waals surface area contributed by atoms with Crippen LogP contribution in [0.4, 0.5) is 0 Å². The van der Waals surface area contributed by atoms with Gasteiger partial charge in [-0.2, -0.15) is 12.6 Å². The Morgan fingerprint density at radius 3 is 2.33 bits per heavy atom. The summed E-state index contributed by atoms with van der Waals surface area (Å²) in [7, 11) is 0. The molecule has 0 aromatic rings. The minimum atomic E-state index is -1.01. The van der Waals surface area contributed by atoms with E-state index in [1.54, 1.807) is 0 Å². The first-order valence-electron chi connectivity index (χ1n) is 3.93. The zero-order valence-electron chi connectivity index (χ0n) is 7.12. The lowest BCUT2D eigenvalue weighted by molar-refractivity contribution is -0.146. The summed E-state index contributed by atoms with van der Waals surface area (Å²) < 4.78 is 0. The molecule has 3 nitrogen and oxygen atoms in total. The normalized spacial score (nSPS) is 12.5. The number of ketones is 1. The van der Waals surface area contributed by atoms with E-state index >= 15 is 0 Å². The molecule has 0 aliphatic carbocycles. The van der Waals surface area contributed by atoms with Crippen molar-refractivity contribution in [2.45, 2.75) is 26.2 Å². The zero-order valence-corrected chi connectivity index (χ0v) is 8.01. The maximum absolute atomic E-state index is 10.8. The van der Waals surface area contributed by atoms with Crippen molar-refractivity contribution in [1.29, 1.82) is 0 Å². The number of rotatable bonds is 6. The van der Waals surface area contributed by atoms with Gasteiger partial charge in [0, 0.05) is 0 Å². The van der Waals surface area contributed by atoms with Crippen LogP contribution in [-0.2, 0) is 9.59 Å². The summed E-state index contributed by atoms with van der Waals surface area (Å²) >= 11 is 3.99. The van der Waals surface area contributed by atoms with Crippen molar-refractivity contribution in [1.82, 2.24) is 0 Å². The number of hydrogen-bond donors (Lipinski definition) is 2. The Labute approximate surface area is 77.6 Å². The van der Waals surface area contributed by atoms with Crippen molar-refractivity contribution in [3.63, 3.8) is 0 Å². The molecule has 0 bridgehead atoms. The van der Waals surface area contributed by atoms with E-state index in [4.69, 9.17) is 5.11 Å². The van der Waals surface area contributed by atoms with Gasteiger partial charge in [0.25, 0.3) is 0 Å². The number of aliphatic carboxylic acids is 1. The Bertz CT molecular complexity index is 154. The Morgan fingerprint density at radius 2 is 2.00 bits per heavy atom. The van der Waals surface area contributed by atoms with Crippen molar-refractivity contribution >= 4 is 24.4 Å². The van der Waals surface area contributed by atoms with Crippen LogP contribution >= 0.6 is 12.6 Å². The molecule has 0 amide bonds. The van der Waals surface area contributed by atoms with Crippen molar-refractivity contribution in [3.05, 3.63) is 0 Å². The Kier molecular flexibility index (Phi) is 5.80. The van der Waals surface area contributed by atoms with Crippen molar-refractivity contribution in [3.8, 4) is 0 Å². The largest absolute Gasteiger partial charge is 0.481 e. The molecular formula is C8H14O3S. The predicted octanol–water partition coefficient (Wildman–Crippen LogP) is 1.38. The third-order valence-corrected chi connectivity index (χ3v) is 2.01. The molecule has 0 aliphatic heterocycles. The third-order valence-electron chi connectivity index (χ3n) is 1.69. The minimum Gasteiger partial charge on any atom is -0.481 e. The van der Waals surface area contributed by atoms with Gasteiger partial charge in [-0.05, 0) is 25.5 Å². The fourth-order valence-electron chi connectivity index (χ4n) is 0.961. The Balaban J connectivity index is 3.80. The van der Waals surface area contributed by atoms with E-state index in [1.807, 2.05) is 0 Å². The average Bonchev–Trinajstić information content (AvgIpc) is 1.96. The summed E-state index contributed by atoms with van der Waals surface area (Å²) in [6, 6.07) is 0. The van der Waals surface area contributed by atoms with Crippen LogP contribution in [0.3, 0.4) is 0 Å². The third kappa shape index (κ3) is 4.38. The summed E-state index contributed by atoms with van der Waals surface area (Å²) in [6.07, 6.45) is 2.05. The second kappa shape index (κ2) is 6.06. The highest BCUT2D eigenvalue weighted by atomic mass is 32.1. The average molecular weight is 190 g/mol. The van der Waals surface area contributed by atoms with Crippen LogP contribution in [0.1, 0.15) is 26.2 Å². The van der Waals surface area contributed by atoms with Crippen LogP contribution in [0.5, 0.6) is 0 Å². The molecule has 1 N–H and O–H groups in total. The first-order valence-corrected chi connectivity index (χ1v) is 4.57. The summed E-state index contributed by atoms with van der Waals surface area (Å²) in [4.78, 5) is 21.3. The molecule has 0 saturated carbocycles. The van der Waals surface area contributed by atoms with E-state index in [0.29, 0.717) is 6.42 Å². The van der Waals surface area contributed by atoms with Gasteiger partial charge >= 0.3 is 5.97 Å². The summed E-state index contributed by atoms with van der Waals surface area (Å²) in [5.41, 5.74) is 0. The van der Waals surface area contributed by atoms with Crippen LogP contribution in [0, 0.1) is 5.92 Å². The van der Waals surface area contributed by atoms with Crippen LogP contribution in [-0.4, -0.2) is 22.6 Å². The van der Waals surface area contributed by atoms with Gasteiger partial charge in [0.05, 0.1) is 0 Å². The molecule has 0 saturated heterocycles. The highest BCUT2D eigenvalue weighted by Gasteiger charge is 2.21. The molecule has 70 valence electrons. The number of hydrogen-bond acceptors (Lipinski definition) is 3. The summed E-state index contributed by atoms with van der Waals surface area (Å²) in [6.45, 7) is 1.32. The molecule has 0 rings (SSSR count). The number of carboxylic acids is 1. The van der Waals surface area contributed by atoms with E-state index in [-0.39, 0.29) is 5.78 Å². The summed E-state index contributed by atoms with van der Waals surface area (Å²) in [5.74, 6) is -1.35. The van der Waals surface area contributed by atoms with Crippen molar-refractivity contribution in [2.75, 3.05) is 5.75 Å². The molecule has 0 fully saturated rings. The fraction of sp³-hybridized carbons (Fsp3) is 0.750.